The molecule has 0 atom stereocenters. The Kier molecular flexibility index (Phi) is 5.37. The molecule has 0 bridgehead atoms. The van der Waals surface area contributed by atoms with E-state index >= 15 is 0 Å². The number of anilines is 3. The highest BCUT2D eigenvalue weighted by Gasteiger charge is 2.07. The van der Waals surface area contributed by atoms with Crippen molar-refractivity contribution >= 4 is 17.3 Å². The van der Waals surface area contributed by atoms with Crippen molar-refractivity contribution in [2.24, 2.45) is 0 Å². The van der Waals surface area contributed by atoms with Gasteiger partial charge in [-0.05, 0) is 32.4 Å². The van der Waals surface area contributed by atoms with Crippen molar-refractivity contribution in [3.8, 4) is 5.75 Å². The van der Waals surface area contributed by atoms with Gasteiger partial charge in [-0.15, -0.1) is 0 Å². The first kappa shape index (κ1) is 15.1. The van der Waals surface area contributed by atoms with Crippen molar-refractivity contribution in [1.29, 1.82) is 0 Å². The summed E-state index contributed by atoms with van der Waals surface area (Å²) in [5.74, 6) is 2.52. The summed E-state index contributed by atoms with van der Waals surface area (Å²) in [6, 6.07) is 7.85. The van der Waals surface area contributed by atoms with E-state index in [1.54, 1.807) is 6.33 Å². The van der Waals surface area contributed by atoms with Crippen LogP contribution in [0.5, 0.6) is 5.75 Å². The number of hydrogen-bond donors (Lipinski definition) is 2. The molecular formula is C16H22N4O. The molecule has 1 heterocycles. The van der Waals surface area contributed by atoms with Crippen LogP contribution in [-0.2, 0) is 0 Å². The smallest absolute Gasteiger partial charge is 0.138 e. The van der Waals surface area contributed by atoms with E-state index < -0.39 is 0 Å². The SMILES string of the molecule is CCCNc1ncnc(Nc2cccc(OCC)c2)c1C. The zero-order chi connectivity index (χ0) is 15.1. The molecule has 0 aliphatic rings. The van der Waals surface area contributed by atoms with Crippen LogP contribution in [0.2, 0.25) is 0 Å². The Bertz CT molecular complexity index is 586. The van der Waals surface area contributed by atoms with Gasteiger partial charge >= 0.3 is 0 Å². The highest BCUT2D eigenvalue weighted by molar-refractivity contribution is 5.65. The molecule has 1 aromatic carbocycles. The van der Waals surface area contributed by atoms with Gasteiger partial charge < -0.3 is 15.4 Å². The Morgan fingerprint density at radius 3 is 2.71 bits per heavy atom. The van der Waals surface area contributed by atoms with Gasteiger partial charge in [-0.25, -0.2) is 9.97 Å². The average Bonchev–Trinajstić information content (AvgIpc) is 2.49. The predicted octanol–water partition coefficient (Wildman–Crippen LogP) is 3.75. The van der Waals surface area contributed by atoms with E-state index in [2.05, 4.69) is 27.5 Å². The van der Waals surface area contributed by atoms with Crippen LogP contribution in [-0.4, -0.2) is 23.1 Å². The lowest BCUT2D eigenvalue weighted by Gasteiger charge is -2.13. The van der Waals surface area contributed by atoms with Crippen LogP contribution in [0.15, 0.2) is 30.6 Å². The molecule has 0 aliphatic carbocycles. The molecule has 0 aliphatic heterocycles. The number of nitrogens with one attached hydrogen (secondary N) is 2. The fourth-order valence-corrected chi connectivity index (χ4v) is 1.96. The second-order valence-electron chi connectivity index (χ2n) is 4.71. The van der Waals surface area contributed by atoms with Crippen LogP contribution in [0.4, 0.5) is 17.3 Å². The van der Waals surface area contributed by atoms with Crippen LogP contribution in [0, 0.1) is 6.92 Å². The van der Waals surface area contributed by atoms with Crippen LogP contribution in [0.3, 0.4) is 0 Å². The van der Waals surface area contributed by atoms with Gasteiger partial charge in [0.05, 0.1) is 6.61 Å². The Morgan fingerprint density at radius 1 is 1.14 bits per heavy atom. The largest absolute Gasteiger partial charge is 0.494 e. The summed E-state index contributed by atoms with van der Waals surface area (Å²) in [5, 5.41) is 6.62. The van der Waals surface area contributed by atoms with E-state index in [4.69, 9.17) is 4.74 Å². The topological polar surface area (TPSA) is 59.1 Å². The molecule has 0 fully saturated rings. The maximum atomic E-state index is 5.51. The minimum atomic E-state index is 0.654. The first-order chi connectivity index (χ1) is 10.2. The van der Waals surface area contributed by atoms with Crippen molar-refractivity contribution in [2.75, 3.05) is 23.8 Å². The summed E-state index contributed by atoms with van der Waals surface area (Å²) < 4.78 is 5.51. The normalized spacial score (nSPS) is 10.2. The van der Waals surface area contributed by atoms with E-state index in [0.717, 1.165) is 41.6 Å². The Labute approximate surface area is 125 Å². The molecule has 2 rings (SSSR count). The third-order valence-electron chi connectivity index (χ3n) is 3.03. The lowest BCUT2D eigenvalue weighted by Crippen LogP contribution is -2.07. The Morgan fingerprint density at radius 2 is 1.95 bits per heavy atom. The molecule has 21 heavy (non-hydrogen) atoms. The molecule has 112 valence electrons. The van der Waals surface area contributed by atoms with E-state index in [0.29, 0.717) is 6.61 Å². The van der Waals surface area contributed by atoms with E-state index in [9.17, 15) is 0 Å². The van der Waals surface area contributed by atoms with E-state index in [1.807, 2.05) is 38.1 Å². The highest BCUT2D eigenvalue weighted by atomic mass is 16.5. The third-order valence-corrected chi connectivity index (χ3v) is 3.03. The van der Waals surface area contributed by atoms with Crippen molar-refractivity contribution in [2.45, 2.75) is 27.2 Å². The maximum absolute atomic E-state index is 5.51. The van der Waals surface area contributed by atoms with Gasteiger partial charge in [-0.2, -0.15) is 0 Å². The number of ether oxygens (including phenoxy) is 1. The van der Waals surface area contributed by atoms with Crippen molar-refractivity contribution in [3.63, 3.8) is 0 Å². The molecule has 5 nitrogen and oxygen atoms in total. The molecule has 0 unspecified atom stereocenters. The highest BCUT2D eigenvalue weighted by Crippen LogP contribution is 2.24. The fraction of sp³-hybridized carbons (Fsp3) is 0.375. The minimum absolute atomic E-state index is 0.654. The van der Waals surface area contributed by atoms with E-state index in [-0.39, 0.29) is 0 Å². The van der Waals surface area contributed by atoms with E-state index in [1.165, 1.54) is 0 Å². The van der Waals surface area contributed by atoms with Gasteiger partial charge in [-0.1, -0.05) is 13.0 Å². The zero-order valence-electron chi connectivity index (χ0n) is 12.8. The van der Waals surface area contributed by atoms with Gasteiger partial charge in [0.15, 0.2) is 0 Å². The van der Waals surface area contributed by atoms with Crippen LogP contribution >= 0.6 is 0 Å². The van der Waals surface area contributed by atoms with Crippen LogP contribution in [0.1, 0.15) is 25.8 Å². The van der Waals surface area contributed by atoms with Gasteiger partial charge in [0.1, 0.15) is 23.7 Å². The average molecular weight is 286 g/mol. The van der Waals surface area contributed by atoms with Crippen LogP contribution < -0.4 is 15.4 Å². The molecule has 2 aromatic rings. The minimum Gasteiger partial charge on any atom is -0.494 e. The number of nitrogens with zero attached hydrogens (tertiary/aromatic N) is 2. The standard InChI is InChI=1S/C16H22N4O/c1-4-9-17-15-12(3)16(19-11-18-15)20-13-7-6-8-14(10-13)21-5-2/h6-8,10-11H,4-5,9H2,1-3H3,(H2,17,18,19,20). The number of hydrogen-bond acceptors (Lipinski definition) is 5. The fourth-order valence-electron chi connectivity index (χ4n) is 1.96. The summed E-state index contributed by atoms with van der Waals surface area (Å²) >= 11 is 0. The van der Waals surface area contributed by atoms with Gasteiger partial charge in [0.25, 0.3) is 0 Å². The maximum Gasteiger partial charge on any atom is 0.138 e. The van der Waals surface area contributed by atoms with Gasteiger partial charge in [-0.3, -0.25) is 0 Å². The number of aromatic nitrogens is 2. The zero-order valence-corrected chi connectivity index (χ0v) is 12.8. The Balaban J connectivity index is 2.17. The van der Waals surface area contributed by atoms with Crippen molar-refractivity contribution in [3.05, 3.63) is 36.2 Å². The second kappa shape index (κ2) is 7.47. The molecule has 0 spiro atoms. The summed E-state index contributed by atoms with van der Waals surface area (Å²) in [6.07, 6.45) is 2.63. The lowest BCUT2D eigenvalue weighted by atomic mass is 10.2. The van der Waals surface area contributed by atoms with Crippen molar-refractivity contribution < 1.29 is 4.74 Å². The Hall–Kier alpha value is -2.30. The van der Waals surface area contributed by atoms with Gasteiger partial charge in [0, 0.05) is 23.9 Å². The summed E-state index contributed by atoms with van der Waals surface area (Å²) in [7, 11) is 0. The van der Waals surface area contributed by atoms with Gasteiger partial charge in [0.2, 0.25) is 0 Å². The van der Waals surface area contributed by atoms with Crippen LogP contribution in [0.25, 0.3) is 0 Å². The number of benzene rings is 1. The quantitative estimate of drug-likeness (QED) is 0.811. The molecule has 2 N–H and O–H groups in total. The third kappa shape index (κ3) is 4.08. The first-order valence-electron chi connectivity index (χ1n) is 7.30. The van der Waals surface area contributed by atoms with Crippen molar-refractivity contribution in [1.82, 2.24) is 9.97 Å². The molecule has 5 heteroatoms. The molecule has 1 aromatic heterocycles. The molecule has 0 radical (unpaired) electrons. The molecule has 0 amide bonds. The molecule has 0 saturated carbocycles. The monoisotopic (exact) mass is 286 g/mol. The summed E-state index contributed by atoms with van der Waals surface area (Å²) in [6.45, 7) is 7.66. The lowest BCUT2D eigenvalue weighted by molar-refractivity contribution is 0.340. The number of rotatable bonds is 7. The summed E-state index contributed by atoms with van der Waals surface area (Å²) in [5.41, 5.74) is 1.96. The predicted molar refractivity (Wildman–Crippen MR) is 86.4 cm³/mol. The summed E-state index contributed by atoms with van der Waals surface area (Å²) in [4.78, 5) is 8.59. The second-order valence-corrected chi connectivity index (χ2v) is 4.71. The first-order valence-corrected chi connectivity index (χ1v) is 7.30. The molecular weight excluding hydrogens is 264 g/mol. The molecule has 0 saturated heterocycles.